The highest BCUT2D eigenvalue weighted by Crippen LogP contribution is 2.41. The van der Waals surface area contributed by atoms with Crippen LogP contribution >= 0.6 is 0 Å². The van der Waals surface area contributed by atoms with Crippen molar-refractivity contribution in [1.29, 1.82) is 0 Å². The van der Waals surface area contributed by atoms with Crippen molar-refractivity contribution in [2.75, 3.05) is 0 Å². The number of aromatic amines is 1. The number of fused-ring (bicyclic) bond motifs is 7. The molecule has 5 aromatic carbocycles. The Balaban J connectivity index is 1.47. The summed E-state index contributed by atoms with van der Waals surface area (Å²) in [5.74, 6) is 0.675. The number of aromatic nitrogens is 3. The molecule has 4 nitrogen and oxygen atoms in total. The van der Waals surface area contributed by atoms with Gasteiger partial charge in [0, 0.05) is 32.9 Å². The Morgan fingerprint density at radius 2 is 1.24 bits per heavy atom. The van der Waals surface area contributed by atoms with Crippen molar-refractivity contribution in [3.05, 3.63) is 121 Å². The minimum atomic E-state index is 0.675. The fourth-order valence-electron chi connectivity index (χ4n) is 5.46. The highest BCUT2D eigenvalue weighted by atomic mass is 16.3. The maximum absolute atomic E-state index is 6.51. The van der Waals surface area contributed by atoms with E-state index in [4.69, 9.17) is 14.4 Å². The summed E-state index contributed by atoms with van der Waals surface area (Å²) >= 11 is 0. The predicted molar refractivity (Wildman–Crippen MR) is 155 cm³/mol. The van der Waals surface area contributed by atoms with Crippen LogP contribution in [0.1, 0.15) is 0 Å². The lowest BCUT2D eigenvalue weighted by Gasteiger charge is -2.08. The van der Waals surface area contributed by atoms with Gasteiger partial charge in [-0.1, -0.05) is 97.1 Å². The van der Waals surface area contributed by atoms with Gasteiger partial charge in [-0.2, -0.15) is 0 Å². The van der Waals surface area contributed by atoms with E-state index in [0.29, 0.717) is 11.4 Å². The van der Waals surface area contributed by atoms with Gasteiger partial charge in [-0.05, 0) is 35.4 Å². The van der Waals surface area contributed by atoms with E-state index in [0.717, 1.165) is 66.2 Å². The lowest BCUT2D eigenvalue weighted by atomic mass is 10.0. The van der Waals surface area contributed by atoms with Gasteiger partial charge in [-0.3, -0.25) is 0 Å². The van der Waals surface area contributed by atoms with Gasteiger partial charge in [-0.15, -0.1) is 0 Å². The monoisotopic (exact) mass is 487 g/mol. The molecule has 0 spiro atoms. The summed E-state index contributed by atoms with van der Waals surface area (Å²) in [6.45, 7) is 0. The first-order chi connectivity index (χ1) is 18.8. The van der Waals surface area contributed by atoms with Crippen LogP contribution in [0.3, 0.4) is 0 Å². The van der Waals surface area contributed by atoms with E-state index in [1.807, 2.05) is 30.3 Å². The summed E-state index contributed by atoms with van der Waals surface area (Å²) in [5.41, 5.74) is 9.53. The van der Waals surface area contributed by atoms with Crippen LogP contribution in [-0.2, 0) is 0 Å². The van der Waals surface area contributed by atoms with Gasteiger partial charge in [-0.25, -0.2) is 9.97 Å². The average molecular weight is 488 g/mol. The third-order valence-corrected chi connectivity index (χ3v) is 7.22. The summed E-state index contributed by atoms with van der Waals surface area (Å²) in [4.78, 5) is 13.8. The number of hydrogen-bond donors (Lipinski definition) is 1. The van der Waals surface area contributed by atoms with Crippen LogP contribution in [0, 0.1) is 0 Å². The number of nitrogens with one attached hydrogen (secondary N) is 1. The predicted octanol–water partition coefficient (Wildman–Crippen LogP) is 9.01. The minimum Gasteiger partial charge on any atom is -0.452 e. The van der Waals surface area contributed by atoms with Gasteiger partial charge in [0.25, 0.3) is 0 Å². The molecule has 0 radical (unpaired) electrons. The number of rotatable bonds is 3. The lowest BCUT2D eigenvalue weighted by Crippen LogP contribution is -1.94. The smallest absolute Gasteiger partial charge is 0.180 e. The van der Waals surface area contributed by atoms with E-state index in [2.05, 4.69) is 96.0 Å². The summed E-state index contributed by atoms with van der Waals surface area (Å²) in [5, 5.41) is 3.29. The molecule has 0 saturated carbocycles. The Labute approximate surface area is 218 Å². The Kier molecular flexibility index (Phi) is 4.49. The van der Waals surface area contributed by atoms with Gasteiger partial charge >= 0.3 is 0 Å². The molecule has 3 aromatic heterocycles. The van der Waals surface area contributed by atoms with Crippen LogP contribution in [0.4, 0.5) is 0 Å². The summed E-state index contributed by atoms with van der Waals surface area (Å²) in [7, 11) is 0. The zero-order valence-electron chi connectivity index (χ0n) is 20.3. The molecule has 8 aromatic rings. The van der Waals surface area contributed by atoms with Crippen LogP contribution in [0.15, 0.2) is 126 Å². The second-order valence-corrected chi connectivity index (χ2v) is 9.52. The molecule has 0 bridgehead atoms. The standard InChI is InChI=1S/C34H21N3O/c1-3-10-21(11-4-1)23-14-9-15-24(20-23)34-36-31(22-12-5-2-6-13-22)33-32(37-34)30-28(38-33)19-18-27-29(30)25-16-7-8-17-26(25)35-27/h1-20,35H. The van der Waals surface area contributed by atoms with Gasteiger partial charge in [0.15, 0.2) is 11.4 Å². The fourth-order valence-corrected chi connectivity index (χ4v) is 5.46. The SMILES string of the molecule is c1ccc(-c2cccc(-c3nc(-c4ccccc4)c4oc5ccc6[nH]c7ccccc7c6c5c4n3)c2)cc1. The first-order valence-electron chi connectivity index (χ1n) is 12.7. The number of H-pyrrole nitrogens is 1. The zero-order valence-corrected chi connectivity index (χ0v) is 20.3. The largest absolute Gasteiger partial charge is 0.452 e. The fraction of sp³-hybridized carbons (Fsp3) is 0. The number of nitrogens with zero attached hydrogens (tertiary/aromatic N) is 2. The van der Waals surface area contributed by atoms with Crippen LogP contribution < -0.4 is 0 Å². The Morgan fingerprint density at radius 1 is 0.526 bits per heavy atom. The third-order valence-electron chi connectivity index (χ3n) is 7.22. The Morgan fingerprint density at radius 3 is 2.08 bits per heavy atom. The maximum atomic E-state index is 6.51. The molecule has 178 valence electrons. The van der Waals surface area contributed by atoms with Crippen LogP contribution in [0.25, 0.3) is 77.6 Å². The number of hydrogen-bond acceptors (Lipinski definition) is 3. The molecule has 0 amide bonds. The van der Waals surface area contributed by atoms with Crippen LogP contribution in [0.2, 0.25) is 0 Å². The van der Waals surface area contributed by atoms with E-state index in [1.165, 1.54) is 0 Å². The molecule has 0 saturated heterocycles. The molecule has 38 heavy (non-hydrogen) atoms. The molecular formula is C34H21N3O. The molecule has 0 fully saturated rings. The summed E-state index contributed by atoms with van der Waals surface area (Å²) in [6.07, 6.45) is 0. The molecule has 4 heteroatoms. The van der Waals surface area contributed by atoms with E-state index >= 15 is 0 Å². The van der Waals surface area contributed by atoms with Crippen LogP contribution in [-0.4, -0.2) is 15.0 Å². The second-order valence-electron chi connectivity index (χ2n) is 9.52. The molecule has 0 aliphatic heterocycles. The van der Waals surface area contributed by atoms with Crippen molar-refractivity contribution < 1.29 is 4.42 Å². The Hall–Kier alpha value is -5.22. The highest BCUT2D eigenvalue weighted by Gasteiger charge is 2.21. The van der Waals surface area contributed by atoms with Crippen molar-refractivity contribution in [3.63, 3.8) is 0 Å². The van der Waals surface area contributed by atoms with E-state index in [9.17, 15) is 0 Å². The number of benzene rings is 5. The van der Waals surface area contributed by atoms with Crippen molar-refractivity contribution in [2.45, 2.75) is 0 Å². The second kappa shape index (κ2) is 8.15. The first-order valence-corrected chi connectivity index (χ1v) is 12.7. The lowest BCUT2D eigenvalue weighted by molar-refractivity contribution is 0.667. The van der Waals surface area contributed by atoms with Gasteiger partial charge in [0.2, 0.25) is 0 Å². The molecule has 1 N–H and O–H groups in total. The maximum Gasteiger partial charge on any atom is 0.180 e. The number of para-hydroxylation sites is 1. The molecule has 0 unspecified atom stereocenters. The highest BCUT2D eigenvalue weighted by molar-refractivity contribution is 6.26. The molecule has 0 aliphatic carbocycles. The summed E-state index contributed by atoms with van der Waals surface area (Å²) in [6, 6.07) is 41.5. The van der Waals surface area contributed by atoms with Crippen LogP contribution in [0.5, 0.6) is 0 Å². The normalized spacial score (nSPS) is 11.7. The van der Waals surface area contributed by atoms with Crippen molar-refractivity contribution in [3.8, 4) is 33.8 Å². The zero-order chi connectivity index (χ0) is 25.1. The van der Waals surface area contributed by atoms with E-state index < -0.39 is 0 Å². The first kappa shape index (κ1) is 20.9. The van der Waals surface area contributed by atoms with Crippen molar-refractivity contribution in [2.24, 2.45) is 0 Å². The van der Waals surface area contributed by atoms with Gasteiger partial charge in [0.05, 0.1) is 5.39 Å². The molecule has 3 heterocycles. The van der Waals surface area contributed by atoms with Gasteiger partial charge in [0.1, 0.15) is 16.8 Å². The minimum absolute atomic E-state index is 0.675. The number of furan rings is 1. The molecule has 0 aliphatic rings. The average Bonchev–Trinajstić information content (AvgIpc) is 3.55. The topological polar surface area (TPSA) is 54.7 Å². The van der Waals surface area contributed by atoms with E-state index in [-0.39, 0.29) is 0 Å². The van der Waals surface area contributed by atoms with Crippen molar-refractivity contribution in [1.82, 2.24) is 15.0 Å². The molecule has 8 rings (SSSR count). The quantitative estimate of drug-likeness (QED) is 0.270. The molecule has 0 atom stereocenters. The molecular weight excluding hydrogens is 466 g/mol. The third kappa shape index (κ3) is 3.17. The van der Waals surface area contributed by atoms with E-state index in [1.54, 1.807) is 0 Å². The van der Waals surface area contributed by atoms with Gasteiger partial charge < -0.3 is 9.40 Å². The Bertz CT molecular complexity index is 2120. The summed E-state index contributed by atoms with van der Waals surface area (Å²) < 4.78 is 6.51. The van der Waals surface area contributed by atoms with Crippen molar-refractivity contribution >= 4 is 43.9 Å².